The second-order valence-corrected chi connectivity index (χ2v) is 6.90. The molecule has 0 spiro atoms. The molecule has 0 saturated heterocycles. The van der Waals surface area contributed by atoms with Crippen LogP contribution in [0.25, 0.3) is 0 Å². The first-order valence-electron chi connectivity index (χ1n) is 7.39. The zero-order chi connectivity index (χ0) is 16.0. The summed E-state index contributed by atoms with van der Waals surface area (Å²) < 4.78 is 0. The van der Waals surface area contributed by atoms with Gasteiger partial charge >= 0.3 is 0 Å². The molecule has 20 heavy (non-hydrogen) atoms. The summed E-state index contributed by atoms with van der Waals surface area (Å²) in [6.07, 6.45) is 2.63. The number of hydrogen-bond donors (Lipinski definition) is 3. The van der Waals surface area contributed by atoms with Crippen LogP contribution in [0.4, 0.5) is 0 Å². The first-order valence-corrected chi connectivity index (χ1v) is 7.39. The van der Waals surface area contributed by atoms with Crippen LogP contribution in [0, 0.1) is 11.3 Å². The van der Waals surface area contributed by atoms with E-state index in [-0.39, 0.29) is 17.2 Å². The lowest BCUT2D eigenvalue weighted by Gasteiger charge is -2.32. The predicted molar refractivity (Wildman–Crippen MR) is 82.7 cm³/mol. The van der Waals surface area contributed by atoms with Crippen LogP contribution in [0.5, 0.6) is 0 Å². The van der Waals surface area contributed by atoms with Gasteiger partial charge in [0.25, 0.3) is 0 Å². The lowest BCUT2D eigenvalue weighted by atomic mass is 9.83. The van der Waals surface area contributed by atoms with E-state index in [0.29, 0.717) is 25.2 Å². The summed E-state index contributed by atoms with van der Waals surface area (Å²) in [6, 6.07) is 0. The van der Waals surface area contributed by atoms with E-state index in [1.165, 1.54) is 0 Å². The molecule has 0 aromatic carbocycles. The summed E-state index contributed by atoms with van der Waals surface area (Å²) in [5, 5.41) is 14.9. The molecule has 118 valence electrons. The Morgan fingerprint density at radius 2 is 1.80 bits per heavy atom. The molecule has 0 aromatic rings. The summed E-state index contributed by atoms with van der Waals surface area (Å²) in [5.41, 5.74) is 5.20. The number of carbonyl (C=O) groups excluding carboxylic acids is 1. The van der Waals surface area contributed by atoms with E-state index in [2.05, 4.69) is 38.2 Å². The third kappa shape index (κ3) is 5.80. The summed E-state index contributed by atoms with van der Waals surface area (Å²) in [5.74, 6) is 0.324. The van der Waals surface area contributed by atoms with E-state index >= 15 is 0 Å². The number of amidine groups is 1. The van der Waals surface area contributed by atoms with Gasteiger partial charge in [0, 0.05) is 6.42 Å². The van der Waals surface area contributed by atoms with Crippen LogP contribution in [0.1, 0.15) is 67.2 Å². The zero-order valence-corrected chi connectivity index (χ0v) is 13.8. The monoisotopic (exact) mass is 285 g/mol. The molecule has 0 aliphatic heterocycles. The van der Waals surface area contributed by atoms with Crippen molar-refractivity contribution in [3.8, 4) is 0 Å². The smallest absolute Gasteiger partial charge is 0.221 e. The van der Waals surface area contributed by atoms with Gasteiger partial charge in [0.2, 0.25) is 5.91 Å². The van der Waals surface area contributed by atoms with Crippen LogP contribution in [0.3, 0.4) is 0 Å². The van der Waals surface area contributed by atoms with Gasteiger partial charge in [-0.25, -0.2) is 0 Å². The number of amides is 1. The Balaban J connectivity index is 4.72. The average Bonchev–Trinajstić information content (AvgIpc) is 2.32. The fourth-order valence-corrected chi connectivity index (χ4v) is 2.70. The van der Waals surface area contributed by atoms with Crippen molar-refractivity contribution in [2.75, 3.05) is 0 Å². The lowest BCUT2D eigenvalue weighted by molar-refractivity contribution is -0.123. The molecule has 5 heteroatoms. The first kappa shape index (κ1) is 18.7. The number of rotatable bonds is 7. The average molecular weight is 285 g/mol. The van der Waals surface area contributed by atoms with Crippen molar-refractivity contribution in [1.82, 2.24) is 5.32 Å². The molecule has 0 rings (SSSR count). The van der Waals surface area contributed by atoms with E-state index in [1.807, 2.05) is 13.8 Å². The summed E-state index contributed by atoms with van der Waals surface area (Å²) in [4.78, 5) is 12.2. The first-order chi connectivity index (χ1) is 9.10. The highest BCUT2D eigenvalue weighted by Crippen LogP contribution is 2.26. The van der Waals surface area contributed by atoms with E-state index in [0.717, 1.165) is 6.42 Å². The Morgan fingerprint density at radius 3 is 2.15 bits per heavy atom. The molecule has 0 bridgehead atoms. The van der Waals surface area contributed by atoms with Crippen molar-refractivity contribution < 1.29 is 10.0 Å². The topological polar surface area (TPSA) is 87.7 Å². The van der Waals surface area contributed by atoms with Crippen molar-refractivity contribution in [3.05, 3.63) is 0 Å². The molecule has 1 atom stereocenters. The summed E-state index contributed by atoms with van der Waals surface area (Å²) in [6.45, 7) is 12.4. The normalized spacial score (nSPS) is 15.0. The number of nitrogens with one attached hydrogen (secondary N) is 1. The molecule has 0 saturated carbocycles. The van der Waals surface area contributed by atoms with Gasteiger partial charge in [0.05, 0.1) is 0 Å². The van der Waals surface area contributed by atoms with Crippen LogP contribution < -0.4 is 11.1 Å². The van der Waals surface area contributed by atoms with Crippen molar-refractivity contribution in [2.24, 2.45) is 22.2 Å². The van der Waals surface area contributed by atoms with Crippen molar-refractivity contribution >= 4 is 11.7 Å². The van der Waals surface area contributed by atoms with E-state index < -0.39 is 5.54 Å². The quantitative estimate of drug-likeness (QED) is 0.291. The molecule has 0 radical (unpaired) electrons. The molecule has 4 N–H and O–H groups in total. The fraction of sp³-hybridized carbons (Fsp3) is 0.867. The number of nitrogens with two attached hydrogens (primary N) is 1. The van der Waals surface area contributed by atoms with Crippen molar-refractivity contribution in [3.63, 3.8) is 0 Å². The largest absolute Gasteiger partial charge is 0.409 e. The molecule has 0 aromatic heterocycles. The maximum absolute atomic E-state index is 12.2. The Labute approximate surface area is 123 Å². The molecule has 1 unspecified atom stereocenters. The predicted octanol–water partition coefficient (Wildman–Crippen LogP) is 2.87. The van der Waals surface area contributed by atoms with E-state index in [1.54, 1.807) is 0 Å². The summed E-state index contributed by atoms with van der Waals surface area (Å²) >= 11 is 0. The SMILES string of the molecule is CCC(CC)(NC(=O)CC(C)CC(C)(C)C)/C(N)=N/O. The number of nitrogens with zero attached hydrogens (tertiary/aromatic N) is 1. The van der Waals surface area contributed by atoms with Crippen LogP contribution in [-0.4, -0.2) is 22.5 Å². The minimum atomic E-state index is -0.743. The standard InChI is InChI=1S/C15H31N3O2/c1-7-15(8-2,13(16)18-20)17-12(19)9-11(3)10-14(4,5)6/h11,20H,7-10H2,1-6H3,(H2,16,18)(H,17,19). The lowest BCUT2D eigenvalue weighted by Crippen LogP contribution is -2.57. The maximum Gasteiger partial charge on any atom is 0.221 e. The van der Waals surface area contributed by atoms with Crippen LogP contribution in [0.15, 0.2) is 5.16 Å². The van der Waals surface area contributed by atoms with Crippen molar-refractivity contribution in [1.29, 1.82) is 0 Å². The highest BCUT2D eigenvalue weighted by Gasteiger charge is 2.33. The Hall–Kier alpha value is -1.26. The van der Waals surface area contributed by atoms with E-state index in [9.17, 15) is 4.79 Å². The van der Waals surface area contributed by atoms with Gasteiger partial charge in [-0.3, -0.25) is 4.79 Å². The Morgan fingerprint density at radius 1 is 1.30 bits per heavy atom. The van der Waals surface area contributed by atoms with Gasteiger partial charge < -0.3 is 16.3 Å². The second-order valence-electron chi connectivity index (χ2n) is 6.90. The van der Waals surface area contributed by atoms with Crippen LogP contribution >= 0.6 is 0 Å². The van der Waals surface area contributed by atoms with Gasteiger partial charge in [-0.15, -0.1) is 0 Å². The molecular formula is C15H31N3O2. The highest BCUT2D eigenvalue weighted by atomic mass is 16.4. The minimum absolute atomic E-state index is 0.0444. The van der Waals surface area contributed by atoms with Crippen molar-refractivity contribution in [2.45, 2.75) is 72.8 Å². The maximum atomic E-state index is 12.2. The number of hydrogen-bond acceptors (Lipinski definition) is 3. The number of carbonyl (C=O) groups is 1. The third-order valence-electron chi connectivity index (χ3n) is 3.68. The molecule has 5 nitrogen and oxygen atoms in total. The molecule has 1 amide bonds. The highest BCUT2D eigenvalue weighted by molar-refractivity contribution is 5.93. The van der Waals surface area contributed by atoms with Gasteiger partial charge in [0.15, 0.2) is 5.84 Å². The molecule has 0 heterocycles. The second kappa shape index (κ2) is 7.50. The Bertz CT molecular complexity index is 342. The molecular weight excluding hydrogens is 254 g/mol. The zero-order valence-electron chi connectivity index (χ0n) is 13.8. The van der Waals surface area contributed by atoms with Gasteiger partial charge in [-0.2, -0.15) is 0 Å². The van der Waals surface area contributed by atoms with Gasteiger partial charge in [0.1, 0.15) is 5.54 Å². The van der Waals surface area contributed by atoms with Crippen LogP contribution in [-0.2, 0) is 4.79 Å². The minimum Gasteiger partial charge on any atom is -0.409 e. The number of oxime groups is 1. The van der Waals surface area contributed by atoms with Gasteiger partial charge in [-0.05, 0) is 30.6 Å². The molecule has 0 fully saturated rings. The summed E-state index contributed by atoms with van der Waals surface area (Å²) in [7, 11) is 0. The fourth-order valence-electron chi connectivity index (χ4n) is 2.70. The Kier molecular flexibility index (Phi) is 7.03. The van der Waals surface area contributed by atoms with Crippen LogP contribution in [0.2, 0.25) is 0 Å². The van der Waals surface area contributed by atoms with Gasteiger partial charge in [-0.1, -0.05) is 46.7 Å². The molecule has 0 aliphatic carbocycles. The third-order valence-corrected chi connectivity index (χ3v) is 3.68. The molecule has 0 aliphatic rings. The van der Waals surface area contributed by atoms with E-state index in [4.69, 9.17) is 10.9 Å².